The summed E-state index contributed by atoms with van der Waals surface area (Å²) in [5, 5.41) is 13.5. The number of amides is 1. The number of nitrogens with zero attached hydrogens (tertiary/aromatic N) is 3. The van der Waals surface area contributed by atoms with Gasteiger partial charge in [-0.3, -0.25) is 14.5 Å². The first-order valence-electron chi connectivity index (χ1n) is 8.06. The highest BCUT2D eigenvalue weighted by atomic mass is 35.5. The summed E-state index contributed by atoms with van der Waals surface area (Å²) in [5.74, 6) is 0.824. The number of carbonyl (C=O) groups excluding carboxylic acids is 1. The van der Waals surface area contributed by atoms with Crippen molar-refractivity contribution in [2.24, 2.45) is 0 Å². The van der Waals surface area contributed by atoms with E-state index in [0.717, 1.165) is 16.3 Å². The van der Waals surface area contributed by atoms with Crippen LogP contribution in [0.25, 0.3) is 11.4 Å². The van der Waals surface area contributed by atoms with Gasteiger partial charge in [-0.15, -0.1) is 11.3 Å². The van der Waals surface area contributed by atoms with Gasteiger partial charge in [0.05, 0.1) is 17.2 Å². The van der Waals surface area contributed by atoms with Crippen molar-refractivity contribution in [3.63, 3.8) is 0 Å². The van der Waals surface area contributed by atoms with Crippen LogP contribution >= 0.6 is 35.2 Å². The molecule has 1 aromatic carbocycles. The third-order valence-corrected chi connectivity index (χ3v) is 5.45. The Kier molecular flexibility index (Phi) is 5.85. The zero-order chi connectivity index (χ0) is 18.7. The second-order valence-corrected chi connectivity index (χ2v) is 7.77. The zero-order valence-corrected chi connectivity index (χ0v) is 16.7. The molecule has 0 atom stereocenters. The van der Waals surface area contributed by atoms with Gasteiger partial charge in [0.25, 0.3) is 0 Å². The van der Waals surface area contributed by atoms with Gasteiger partial charge in [-0.1, -0.05) is 25.4 Å². The van der Waals surface area contributed by atoms with Crippen LogP contribution in [0.1, 0.15) is 30.5 Å². The third kappa shape index (κ3) is 4.38. The van der Waals surface area contributed by atoms with Crippen LogP contribution in [0.4, 0.5) is 0 Å². The Bertz CT molecular complexity index is 958. The molecular weight excluding hydrogens is 390 g/mol. The molecule has 1 amide bonds. The quantitative estimate of drug-likeness (QED) is 0.601. The van der Waals surface area contributed by atoms with Crippen LogP contribution in [-0.4, -0.2) is 25.7 Å². The molecule has 0 unspecified atom stereocenters. The lowest BCUT2D eigenvalue weighted by Gasteiger charge is -2.07. The number of aromatic nitrogens is 4. The van der Waals surface area contributed by atoms with E-state index in [1.807, 2.05) is 17.5 Å². The molecule has 3 aromatic rings. The molecule has 2 aromatic heterocycles. The molecule has 9 heteroatoms. The summed E-state index contributed by atoms with van der Waals surface area (Å²) in [4.78, 5) is 16.9. The second-order valence-electron chi connectivity index (χ2n) is 6.05. The van der Waals surface area contributed by atoms with E-state index in [1.165, 1.54) is 0 Å². The summed E-state index contributed by atoms with van der Waals surface area (Å²) in [6.45, 7) is 4.66. The van der Waals surface area contributed by atoms with Crippen LogP contribution in [0.2, 0.25) is 5.02 Å². The Hall–Kier alpha value is -2.03. The van der Waals surface area contributed by atoms with Gasteiger partial charge < -0.3 is 5.32 Å². The van der Waals surface area contributed by atoms with Crippen molar-refractivity contribution >= 4 is 41.1 Å². The number of nitrogens with one attached hydrogen (secondary N) is 2. The normalized spacial score (nSPS) is 11.1. The minimum Gasteiger partial charge on any atom is -0.349 e. The first-order chi connectivity index (χ1) is 12.4. The number of rotatable bonds is 6. The number of carbonyl (C=O) groups is 1. The Labute approximate surface area is 165 Å². The van der Waals surface area contributed by atoms with Gasteiger partial charge in [0.1, 0.15) is 6.54 Å². The topological polar surface area (TPSA) is 75.6 Å². The predicted molar refractivity (Wildman–Crippen MR) is 106 cm³/mol. The van der Waals surface area contributed by atoms with Crippen molar-refractivity contribution in [2.75, 3.05) is 0 Å². The maximum absolute atomic E-state index is 12.3. The van der Waals surface area contributed by atoms with Gasteiger partial charge in [-0.05, 0) is 36.5 Å². The van der Waals surface area contributed by atoms with Crippen molar-refractivity contribution in [2.45, 2.75) is 32.9 Å². The van der Waals surface area contributed by atoms with Gasteiger partial charge in [0, 0.05) is 21.9 Å². The van der Waals surface area contributed by atoms with Gasteiger partial charge in [0.15, 0.2) is 10.6 Å². The van der Waals surface area contributed by atoms with Crippen LogP contribution < -0.4 is 5.32 Å². The Balaban J connectivity index is 1.68. The Morgan fingerprint density at radius 2 is 2.12 bits per heavy atom. The van der Waals surface area contributed by atoms with E-state index in [-0.39, 0.29) is 12.5 Å². The van der Waals surface area contributed by atoms with E-state index in [2.05, 4.69) is 34.3 Å². The number of halogens is 1. The fourth-order valence-electron chi connectivity index (χ4n) is 2.34. The Morgan fingerprint density at radius 1 is 1.38 bits per heavy atom. The molecular formula is C17H18ClN5OS2. The molecule has 0 aliphatic rings. The molecule has 3 rings (SSSR count). The zero-order valence-electron chi connectivity index (χ0n) is 14.3. The van der Waals surface area contributed by atoms with Crippen LogP contribution in [-0.2, 0) is 17.9 Å². The second kappa shape index (κ2) is 8.11. The lowest BCUT2D eigenvalue weighted by atomic mass is 10.2. The molecule has 0 spiro atoms. The monoisotopic (exact) mass is 407 g/mol. The number of benzene rings is 1. The predicted octanol–water partition coefficient (Wildman–Crippen LogP) is 4.16. The average Bonchev–Trinajstić information content (AvgIpc) is 3.22. The van der Waals surface area contributed by atoms with Crippen molar-refractivity contribution < 1.29 is 4.79 Å². The Morgan fingerprint density at radius 3 is 2.77 bits per heavy atom. The van der Waals surface area contributed by atoms with E-state index in [4.69, 9.17) is 23.8 Å². The van der Waals surface area contributed by atoms with Gasteiger partial charge in [-0.2, -0.15) is 5.10 Å². The molecule has 6 nitrogen and oxygen atoms in total. The van der Waals surface area contributed by atoms with Crippen LogP contribution in [0.15, 0.2) is 29.6 Å². The fraction of sp³-hybridized carbons (Fsp3) is 0.294. The van der Waals surface area contributed by atoms with E-state index in [0.29, 0.717) is 28.1 Å². The molecule has 26 heavy (non-hydrogen) atoms. The minimum absolute atomic E-state index is 0.0778. The summed E-state index contributed by atoms with van der Waals surface area (Å²) in [6, 6.07) is 7.22. The molecule has 136 valence electrons. The largest absolute Gasteiger partial charge is 0.349 e. The highest BCUT2D eigenvalue weighted by Crippen LogP contribution is 2.20. The number of hydrogen-bond acceptors (Lipinski definition) is 5. The summed E-state index contributed by atoms with van der Waals surface area (Å²) >= 11 is 12.8. The van der Waals surface area contributed by atoms with Crippen molar-refractivity contribution in [1.29, 1.82) is 0 Å². The molecule has 2 N–H and O–H groups in total. The summed E-state index contributed by atoms with van der Waals surface area (Å²) in [5.41, 5.74) is 1.69. The maximum atomic E-state index is 12.3. The molecule has 0 radical (unpaired) electrons. The number of hydrogen-bond donors (Lipinski definition) is 2. The highest BCUT2D eigenvalue weighted by molar-refractivity contribution is 7.71. The molecule has 0 bridgehead atoms. The molecule has 0 saturated carbocycles. The van der Waals surface area contributed by atoms with Crippen molar-refractivity contribution in [3.05, 3.63) is 50.1 Å². The minimum atomic E-state index is -0.156. The van der Waals surface area contributed by atoms with E-state index < -0.39 is 0 Å². The summed E-state index contributed by atoms with van der Waals surface area (Å²) < 4.78 is 2.05. The van der Waals surface area contributed by atoms with E-state index in [9.17, 15) is 4.79 Å². The van der Waals surface area contributed by atoms with Crippen LogP contribution in [0.5, 0.6) is 0 Å². The third-order valence-electron chi connectivity index (χ3n) is 3.69. The first-order valence-corrected chi connectivity index (χ1v) is 9.72. The lowest BCUT2D eigenvalue weighted by Crippen LogP contribution is -2.27. The highest BCUT2D eigenvalue weighted by Gasteiger charge is 2.13. The van der Waals surface area contributed by atoms with Crippen molar-refractivity contribution in [1.82, 2.24) is 25.1 Å². The van der Waals surface area contributed by atoms with Gasteiger partial charge in [0.2, 0.25) is 5.91 Å². The molecule has 0 aliphatic carbocycles. The molecule has 2 heterocycles. The molecule has 0 aliphatic heterocycles. The SMILES string of the molecule is CC(C)c1nc(CNC(=O)Cn2c(-c3ccc(Cl)cc3)n[nH]c2=S)cs1. The first kappa shape index (κ1) is 18.8. The maximum Gasteiger partial charge on any atom is 0.240 e. The van der Waals surface area contributed by atoms with Crippen LogP contribution in [0, 0.1) is 4.77 Å². The number of aromatic amines is 1. The van der Waals surface area contributed by atoms with Gasteiger partial charge in [-0.25, -0.2) is 4.98 Å². The van der Waals surface area contributed by atoms with Gasteiger partial charge >= 0.3 is 0 Å². The molecule has 0 fully saturated rings. The van der Waals surface area contributed by atoms with E-state index in [1.54, 1.807) is 28.0 Å². The average molecular weight is 408 g/mol. The number of thiazole rings is 1. The smallest absolute Gasteiger partial charge is 0.240 e. The summed E-state index contributed by atoms with van der Waals surface area (Å²) in [7, 11) is 0. The standard InChI is InChI=1S/C17H18ClN5OS2/c1-10(2)16-20-13(9-26-16)7-19-14(24)8-23-15(21-22-17(23)25)11-3-5-12(18)6-4-11/h3-6,9-10H,7-8H2,1-2H3,(H,19,24)(H,22,25). The van der Waals surface area contributed by atoms with Crippen molar-refractivity contribution in [3.8, 4) is 11.4 Å². The lowest BCUT2D eigenvalue weighted by molar-refractivity contribution is -0.121. The number of H-pyrrole nitrogens is 1. The fourth-order valence-corrected chi connectivity index (χ4v) is 3.50. The van der Waals surface area contributed by atoms with Crippen LogP contribution in [0.3, 0.4) is 0 Å². The summed E-state index contributed by atoms with van der Waals surface area (Å²) in [6.07, 6.45) is 0. The van der Waals surface area contributed by atoms with E-state index >= 15 is 0 Å². The molecule has 0 saturated heterocycles.